The number of pyridine rings is 1. The topological polar surface area (TPSA) is 3.88 Å². The zero-order valence-electron chi connectivity index (χ0n) is 13.8. The van der Waals surface area contributed by atoms with Gasteiger partial charge in [-0.15, -0.1) is 22.7 Å². The Kier molecular flexibility index (Phi) is 3.44. The van der Waals surface area contributed by atoms with Crippen molar-refractivity contribution in [2.24, 2.45) is 7.05 Å². The molecule has 0 saturated heterocycles. The quantitative estimate of drug-likeness (QED) is 0.258. The minimum atomic E-state index is 1.27. The summed E-state index contributed by atoms with van der Waals surface area (Å²) >= 11 is 3.68. The zero-order chi connectivity index (χ0) is 16.8. The van der Waals surface area contributed by atoms with Gasteiger partial charge in [-0.1, -0.05) is 30.3 Å². The highest BCUT2D eigenvalue weighted by molar-refractivity contribution is 7.23. The molecular formula is C22H16NS2+. The first-order valence-corrected chi connectivity index (χ1v) is 9.96. The monoisotopic (exact) mass is 358 g/mol. The first kappa shape index (κ1) is 14.8. The zero-order valence-corrected chi connectivity index (χ0v) is 15.4. The van der Waals surface area contributed by atoms with E-state index in [0.29, 0.717) is 0 Å². The summed E-state index contributed by atoms with van der Waals surface area (Å²) in [6.45, 7) is 0. The summed E-state index contributed by atoms with van der Waals surface area (Å²) in [5, 5.41) is 4.76. The van der Waals surface area contributed by atoms with Gasteiger partial charge < -0.3 is 0 Å². The van der Waals surface area contributed by atoms with Crippen molar-refractivity contribution < 1.29 is 4.57 Å². The van der Waals surface area contributed by atoms with Crippen LogP contribution in [0.4, 0.5) is 0 Å². The Labute approximate surface area is 154 Å². The molecule has 1 nitrogen and oxygen atoms in total. The third-order valence-electron chi connectivity index (χ3n) is 4.69. The molecule has 5 aromatic rings. The fourth-order valence-electron chi connectivity index (χ4n) is 3.52. The Hall–Kier alpha value is -2.49. The highest BCUT2D eigenvalue weighted by Gasteiger charge is 2.19. The summed E-state index contributed by atoms with van der Waals surface area (Å²) in [6.07, 6.45) is 0. The van der Waals surface area contributed by atoms with Gasteiger partial charge in [-0.3, -0.25) is 0 Å². The van der Waals surface area contributed by atoms with E-state index in [2.05, 4.69) is 89.8 Å². The second-order valence-electron chi connectivity index (χ2n) is 6.11. The van der Waals surface area contributed by atoms with Gasteiger partial charge in [0.1, 0.15) is 7.05 Å². The molecule has 0 fully saturated rings. The molecule has 0 aliphatic carbocycles. The van der Waals surface area contributed by atoms with Gasteiger partial charge >= 0.3 is 0 Å². The summed E-state index contributed by atoms with van der Waals surface area (Å²) in [4.78, 5) is 4.01. The molecule has 0 aliphatic heterocycles. The Balaban J connectivity index is 1.87. The van der Waals surface area contributed by atoms with Gasteiger partial charge in [0, 0.05) is 32.3 Å². The summed E-state index contributed by atoms with van der Waals surface area (Å²) < 4.78 is 2.29. The van der Waals surface area contributed by atoms with Crippen LogP contribution >= 0.6 is 22.7 Å². The van der Waals surface area contributed by atoms with Gasteiger partial charge in [0.25, 0.3) is 0 Å². The maximum atomic E-state index is 2.29. The van der Waals surface area contributed by atoms with E-state index in [9.17, 15) is 0 Å². The molecule has 3 heteroatoms. The summed E-state index contributed by atoms with van der Waals surface area (Å²) in [5.74, 6) is 0. The van der Waals surface area contributed by atoms with E-state index in [4.69, 9.17) is 0 Å². The highest BCUT2D eigenvalue weighted by atomic mass is 32.1. The lowest BCUT2D eigenvalue weighted by Crippen LogP contribution is -2.30. The van der Waals surface area contributed by atoms with Crippen LogP contribution in [0.2, 0.25) is 0 Å². The maximum absolute atomic E-state index is 2.29. The van der Waals surface area contributed by atoms with Crippen LogP contribution in [0.25, 0.3) is 42.0 Å². The Morgan fingerprint density at radius 2 is 1.28 bits per heavy atom. The number of benzene rings is 2. The normalized spacial score (nSPS) is 11.4. The van der Waals surface area contributed by atoms with Crippen molar-refractivity contribution in [2.75, 3.05) is 0 Å². The van der Waals surface area contributed by atoms with E-state index in [1.165, 1.54) is 42.0 Å². The second-order valence-corrected chi connectivity index (χ2v) is 8.14. The number of hydrogen-bond acceptors (Lipinski definition) is 2. The molecule has 0 radical (unpaired) electrons. The Morgan fingerprint density at radius 3 is 1.92 bits per heavy atom. The smallest absolute Gasteiger partial charge is 0.194 e. The van der Waals surface area contributed by atoms with Crippen LogP contribution in [-0.4, -0.2) is 0 Å². The van der Waals surface area contributed by atoms with Crippen molar-refractivity contribution in [3.63, 3.8) is 0 Å². The third kappa shape index (κ3) is 2.31. The number of fused-ring (bicyclic) bond motifs is 2. The van der Waals surface area contributed by atoms with Gasteiger partial charge in [-0.25, -0.2) is 0 Å². The van der Waals surface area contributed by atoms with Gasteiger partial charge in [-0.2, -0.15) is 4.57 Å². The maximum Gasteiger partial charge on any atom is 0.213 e. The number of para-hydroxylation sites is 2. The Bertz CT molecular complexity index is 1140. The molecule has 3 heterocycles. The van der Waals surface area contributed by atoms with Gasteiger partial charge in [-0.05, 0) is 35.7 Å². The predicted octanol–water partition coefficient (Wildman–Crippen LogP) is 6.27. The Morgan fingerprint density at radius 1 is 0.640 bits per heavy atom. The van der Waals surface area contributed by atoms with Gasteiger partial charge in [0.15, 0.2) is 0 Å². The van der Waals surface area contributed by atoms with Gasteiger partial charge in [0.05, 0.1) is 10.8 Å². The van der Waals surface area contributed by atoms with Crippen LogP contribution in [-0.2, 0) is 7.05 Å². The molecule has 3 aromatic heterocycles. The number of hydrogen-bond donors (Lipinski definition) is 0. The number of aryl methyl sites for hydroxylation is 1. The molecule has 0 aliphatic rings. The molecule has 0 amide bonds. The average Bonchev–Trinajstić information content (AvgIpc) is 3.34. The van der Waals surface area contributed by atoms with Crippen LogP contribution < -0.4 is 4.57 Å². The standard InChI is InChI=1S/C22H16NS2/c1-23-17-9-4-2-7-15(17)22(16-8-3-5-10-18(16)23)21-13-12-20(25-21)19-11-6-14-24-19/h2-14H,1H3/q+1. The highest BCUT2D eigenvalue weighted by Crippen LogP contribution is 2.41. The molecule has 5 rings (SSSR count). The molecule has 120 valence electrons. The first-order valence-electron chi connectivity index (χ1n) is 8.26. The summed E-state index contributed by atoms with van der Waals surface area (Å²) in [5.41, 5.74) is 3.88. The van der Waals surface area contributed by atoms with Crippen molar-refractivity contribution in [3.05, 3.63) is 78.2 Å². The summed E-state index contributed by atoms with van der Waals surface area (Å²) in [6, 6.07) is 26.2. The van der Waals surface area contributed by atoms with Crippen molar-refractivity contribution in [3.8, 4) is 20.2 Å². The van der Waals surface area contributed by atoms with Crippen molar-refractivity contribution >= 4 is 44.5 Å². The number of rotatable bonds is 2. The van der Waals surface area contributed by atoms with Crippen molar-refractivity contribution in [1.29, 1.82) is 0 Å². The fraction of sp³-hybridized carbons (Fsp3) is 0.0455. The van der Waals surface area contributed by atoms with E-state index < -0.39 is 0 Å². The second kappa shape index (κ2) is 5.80. The fourth-order valence-corrected chi connectivity index (χ4v) is 5.43. The van der Waals surface area contributed by atoms with Crippen molar-refractivity contribution in [2.45, 2.75) is 0 Å². The molecular weight excluding hydrogens is 342 g/mol. The SMILES string of the molecule is C[n+]1c2ccccc2c(-c2ccc(-c3cccs3)s2)c2ccccc21. The number of nitrogens with zero attached hydrogens (tertiary/aromatic N) is 1. The van der Waals surface area contributed by atoms with Crippen LogP contribution in [0.1, 0.15) is 0 Å². The number of thiophene rings is 2. The largest absolute Gasteiger partial charge is 0.213 e. The molecule has 0 spiro atoms. The average molecular weight is 359 g/mol. The molecule has 0 bridgehead atoms. The lowest BCUT2D eigenvalue weighted by Gasteiger charge is -2.08. The van der Waals surface area contributed by atoms with Crippen LogP contribution in [0.5, 0.6) is 0 Å². The molecule has 2 aromatic carbocycles. The lowest BCUT2D eigenvalue weighted by molar-refractivity contribution is -0.617. The molecule has 0 N–H and O–H groups in total. The third-order valence-corrected chi connectivity index (χ3v) is 6.85. The first-order chi connectivity index (χ1) is 12.3. The van der Waals surface area contributed by atoms with Crippen molar-refractivity contribution in [1.82, 2.24) is 0 Å². The molecule has 0 atom stereocenters. The van der Waals surface area contributed by atoms with E-state index in [1.54, 1.807) is 11.3 Å². The van der Waals surface area contributed by atoms with E-state index >= 15 is 0 Å². The van der Waals surface area contributed by atoms with Crippen LogP contribution in [0.3, 0.4) is 0 Å². The minimum absolute atomic E-state index is 1.27. The number of aromatic nitrogens is 1. The van der Waals surface area contributed by atoms with E-state index in [-0.39, 0.29) is 0 Å². The van der Waals surface area contributed by atoms with E-state index in [1.807, 2.05) is 11.3 Å². The van der Waals surface area contributed by atoms with Crippen LogP contribution in [0, 0.1) is 0 Å². The van der Waals surface area contributed by atoms with E-state index in [0.717, 1.165) is 0 Å². The van der Waals surface area contributed by atoms with Crippen LogP contribution in [0.15, 0.2) is 78.2 Å². The van der Waals surface area contributed by atoms with Gasteiger partial charge in [0.2, 0.25) is 11.0 Å². The summed E-state index contributed by atoms with van der Waals surface area (Å²) in [7, 11) is 2.15. The molecule has 0 unspecified atom stereocenters. The minimum Gasteiger partial charge on any atom is -0.194 e. The molecule has 25 heavy (non-hydrogen) atoms. The lowest BCUT2D eigenvalue weighted by atomic mass is 10.0. The molecule has 0 saturated carbocycles. The predicted molar refractivity (Wildman–Crippen MR) is 109 cm³/mol.